The van der Waals surface area contributed by atoms with E-state index in [1.165, 1.54) is 0 Å². The van der Waals surface area contributed by atoms with Gasteiger partial charge < -0.3 is 15.4 Å². The Morgan fingerprint density at radius 1 is 0.926 bits per heavy atom. The quantitative estimate of drug-likeness (QED) is 0.697. The molecule has 2 aromatic carbocycles. The van der Waals surface area contributed by atoms with Crippen molar-refractivity contribution in [2.24, 2.45) is 0 Å². The van der Waals surface area contributed by atoms with E-state index in [1.54, 1.807) is 12.3 Å². The lowest BCUT2D eigenvalue weighted by atomic mass is 10.1. The molecule has 0 saturated heterocycles. The Hall–Kier alpha value is -3.41. The van der Waals surface area contributed by atoms with Crippen LogP contribution in [0.1, 0.15) is 31.3 Å². The molecule has 138 valence electrons. The summed E-state index contributed by atoms with van der Waals surface area (Å²) in [6, 6.07) is 18.6. The number of rotatable bonds is 5. The second-order valence-corrected chi connectivity index (χ2v) is 7.03. The topological polar surface area (TPSA) is 76.1 Å². The second kappa shape index (κ2) is 7.86. The summed E-state index contributed by atoms with van der Waals surface area (Å²) in [7, 11) is 0. The van der Waals surface area contributed by atoms with Gasteiger partial charge in [-0.15, -0.1) is 0 Å². The minimum absolute atomic E-state index is 0.237. The van der Waals surface area contributed by atoms with Gasteiger partial charge >= 0.3 is 0 Å². The van der Waals surface area contributed by atoms with Gasteiger partial charge in [0.2, 0.25) is 5.95 Å². The van der Waals surface area contributed by atoms with Crippen LogP contribution < -0.4 is 15.4 Å². The van der Waals surface area contributed by atoms with Gasteiger partial charge in [0.05, 0.1) is 0 Å². The maximum Gasteiger partial charge on any atom is 0.270 e. The van der Waals surface area contributed by atoms with Crippen LogP contribution in [0.15, 0.2) is 66.9 Å². The lowest BCUT2D eigenvalue weighted by Gasteiger charge is -2.20. The molecule has 1 aromatic heterocycles. The van der Waals surface area contributed by atoms with E-state index in [1.807, 2.05) is 75.4 Å². The van der Waals surface area contributed by atoms with E-state index in [-0.39, 0.29) is 11.4 Å². The smallest absolute Gasteiger partial charge is 0.270 e. The number of hydrogen-bond donors (Lipinski definition) is 2. The van der Waals surface area contributed by atoms with E-state index >= 15 is 0 Å². The van der Waals surface area contributed by atoms with E-state index in [0.717, 1.165) is 17.2 Å². The normalized spacial score (nSPS) is 10.9. The standard InChI is InChI=1S/C21H22N4O2/c1-21(2,3)25-19(26)18-13-14-22-20(24-18)23-15-9-11-17(12-10-15)27-16-7-5-4-6-8-16/h4-14H,1-3H3,(H,25,26)(H,22,23,24). The van der Waals surface area contributed by atoms with Crippen molar-refractivity contribution in [2.45, 2.75) is 26.3 Å². The zero-order chi connectivity index (χ0) is 19.3. The minimum atomic E-state index is -0.329. The number of anilines is 2. The number of nitrogens with zero attached hydrogens (tertiary/aromatic N) is 2. The first-order valence-electron chi connectivity index (χ1n) is 8.65. The van der Waals surface area contributed by atoms with Crippen LogP contribution in [-0.2, 0) is 0 Å². The molecule has 0 radical (unpaired) electrons. The third-order valence-corrected chi connectivity index (χ3v) is 3.47. The Bertz CT molecular complexity index is 903. The number of benzene rings is 2. The molecule has 0 saturated carbocycles. The highest BCUT2D eigenvalue weighted by Crippen LogP contribution is 2.23. The van der Waals surface area contributed by atoms with Gasteiger partial charge in [-0.05, 0) is 63.2 Å². The van der Waals surface area contributed by atoms with Crippen molar-refractivity contribution in [1.82, 2.24) is 15.3 Å². The molecule has 3 rings (SSSR count). The first-order chi connectivity index (χ1) is 12.9. The molecule has 6 heteroatoms. The number of ether oxygens (including phenoxy) is 1. The van der Waals surface area contributed by atoms with Crippen molar-refractivity contribution in [3.05, 3.63) is 72.6 Å². The molecule has 0 aliphatic carbocycles. The molecule has 0 spiro atoms. The SMILES string of the molecule is CC(C)(C)NC(=O)c1ccnc(Nc2ccc(Oc3ccccc3)cc2)n1. The van der Waals surface area contributed by atoms with E-state index in [4.69, 9.17) is 4.74 Å². The first-order valence-corrected chi connectivity index (χ1v) is 8.65. The molecule has 0 aliphatic rings. The summed E-state index contributed by atoms with van der Waals surface area (Å²) in [5, 5.41) is 5.98. The molecule has 2 N–H and O–H groups in total. The van der Waals surface area contributed by atoms with Crippen molar-refractivity contribution < 1.29 is 9.53 Å². The summed E-state index contributed by atoms with van der Waals surface area (Å²) in [6.07, 6.45) is 1.56. The van der Waals surface area contributed by atoms with Gasteiger partial charge in [0, 0.05) is 17.4 Å². The zero-order valence-corrected chi connectivity index (χ0v) is 15.6. The highest BCUT2D eigenvalue weighted by atomic mass is 16.5. The van der Waals surface area contributed by atoms with Crippen LogP contribution in [0.25, 0.3) is 0 Å². The maximum absolute atomic E-state index is 12.2. The van der Waals surface area contributed by atoms with Crippen LogP contribution in [0.2, 0.25) is 0 Å². The Morgan fingerprint density at radius 3 is 2.26 bits per heavy atom. The van der Waals surface area contributed by atoms with Crippen LogP contribution in [0, 0.1) is 0 Å². The molecular formula is C21H22N4O2. The Labute approximate surface area is 158 Å². The van der Waals surface area contributed by atoms with E-state index in [0.29, 0.717) is 11.6 Å². The van der Waals surface area contributed by atoms with E-state index in [9.17, 15) is 4.79 Å². The number of nitrogens with one attached hydrogen (secondary N) is 2. The number of hydrogen-bond acceptors (Lipinski definition) is 5. The molecule has 6 nitrogen and oxygen atoms in total. The fraction of sp³-hybridized carbons (Fsp3) is 0.190. The maximum atomic E-state index is 12.2. The number of carbonyl (C=O) groups excluding carboxylic acids is 1. The molecular weight excluding hydrogens is 340 g/mol. The summed E-state index contributed by atoms with van der Waals surface area (Å²) in [5.74, 6) is 1.62. The molecule has 27 heavy (non-hydrogen) atoms. The highest BCUT2D eigenvalue weighted by molar-refractivity contribution is 5.92. The number of aromatic nitrogens is 2. The molecule has 0 aliphatic heterocycles. The van der Waals surface area contributed by atoms with Gasteiger partial charge in [-0.2, -0.15) is 0 Å². The van der Waals surface area contributed by atoms with Crippen LogP contribution in [0.5, 0.6) is 11.5 Å². The fourth-order valence-corrected chi connectivity index (χ4v) is 2.31. The summed E-state index contributed by atoms with van der Waals surface area (Å²) >= 11 is 0. The molecule has 3 aromatic rings. The van der Waals surface area contributed by atoms with Gasteiger partial charge in [-0.3, -0.25) is 4.79 Å². The third kappa shape index (κ3) is 5.54. The van der Waals surface area contributed by atoms with Crippen molar-refractivity contribution in [2.75, 3.05) is 5.32 Å². The molecule has 0 unspecified atom stereocenters. The fourth-order valence-electron chi connectivity index (χ4n) is 2.31. The van der Waals surface area contributed by atoms with Gasteiger partial charge in [-0.1, -0.05) is 18.2 Å². The predicted molar refractivity (Wildman–Crippen MR) is 105 cm³/mol. The molecule has 0 atom stereocenters. The van der Waals surface area contributed by atoms with Crippen molar-refractivity contribution >= 4 is 17.5 Å². The third-order valence-electron chi connectivity index (χ3n) is 3.47. The van der Waals surface area contributed by atoms with Gasteiger partial charge in [-0.25, -0.2) is 9.97 Å². The predicted octanol–water partition coefficient (Wildman–Crippen LogP) is 4.54. The van der Waals surface area contributed by atoms with E-state index < -0.39 is 0 Å². The van der Waals surface area contributed by atoms with Crippen LogP contribution >= 0.6 is 0 Å². The Kier molecular flexibility index (Phi) is 5.35. The number of para-hydroxylation sites is 1. The molecule has 0 bridgehead atoms. The van der Waals surface area contributed by atoms with E-state index in [2.05, 4.69) is 20.6 Å². The summed E-state index contributed by atoms with van der Waals surface area (Å²) < 4.78 is 5.77. The Balaban J connectivity index is 1.67. The number of amides is 1. The minimum Gasteiger partial charge on any atom is -0.457 e. The molecule has 0 fully saturated rings. The van der Waals surface area contributed by atoms with Crippen LogP contribution in [-0.4, -0.2) is 21.4 Å². The lowest BCUT2D eigenvalue weighted by molar-refractivity contribution is 0.0914. The van der Waals surface area contributed by atoms with Gasteiger partial charge in [0.15, 0.2) is 0 Å². The average Bonchev–Trinajstić information content (AvgIpc) is 2.63. The van der Waals surface area contributed by atoms with Crippen molar-refractivity contribution in [1.29, 1.82) is 0 Å². The second-order valence-electron chi connectivity index (χ2n) is 7.03. The average molecular weight is 362 g/mol. The van der Waals surface area contributed by atoms with Crippen LogP contribution in [0.4, 0.5) is 11.6 Å². The lowest BCUT2D eigenvalue weighted by Crippen LogP contribution is -2.41. The zero-order valence-electron chi connectivity index (χ0n) is 15.6. The molecule has 1 amide bonds. The van der Waals surface area contributed by atoms with Crippen LogP contribution in [0.3, 0.4) is 0 Å². The largest absolute Gasteiger partial charge is 0.457 e. The van der Waals surface area contributed by atoms with Crippen molar-refractivity contribution in [3.63, 3.8) is 0 Å². The first kappa shape index (κ1) is 18.4. The van der Waals surface area contributed by atoms with Gasteiger partial charge in [0.1, 0.15) is 17.2 Å². The molecule has 1 heterocycles. The van der Waals surface area contributed by atoms with Crippen molar-refractivity contribution in [3.8, 4) is 11.5 Å². The summed E-state index contributed by atoms with van der Waals surface area (Å²) in [5.41, 5.74) is 0.778. The highest BCUT2D eigenvalue weighted by Gasteiger charge is 2.16. The summed E-state index contributed by atoms with van der Waals surface area (Å²) in [4.78, 5) is 20.7. The Morgan fingerprint density at radius 2 is 1.59 bits per heavy atom. The van der Waals surface area contributed by atoms with Gasteiger partial charge in [0.25, 0.3) is 5.91 Å². The number of carbonyl (C=O) groups is 1. The monoisotopic (exact) mass is 362 g/mol. The summed E-state index contributed by atoms with van der Waals surface area (Å²) in [6.45, 7) is 5.76.